The van der Waals surface area contributed by atoms with Gasteiger partial charge in [-0.15, -0.1) is 0 Å². The third kappa shape index (κ3) is 5.46. The van der Waals surface area contributed by atoms with Gasteiger partial charge >= 0.3 is 0 Å². The summed E-state index contributed by atoms with van der Waals surface area (Å²) in [6, 6.07) is 9.44. The number of halogens is 1. The zero-order chi connectivity index (χ0) is 21.0. The molecule has 0 radical (unpaired) electrons. The maximum absolute atomic E-state index is 12.6. The van der Waals surface area contributed by atoms with Crippen LogP contribution in [0.1, 0.15) is 43.8 Å². The van der Waals surface area contributed by atoms with Gasteiger partial charge in [-0.3, -0.25) is 9.69 Å². The van der Waals surface area contributed by atoms with Crippen molar-refractivity contribution in [1.82, 2.24) is 20.2 Å². The van der Waals surface area contributed by atoms with Crippen molar-refractivity contribution in [2.75, 3.05) is 31.1 Å². The molecule has 0 bridgehead atoms. The molecule has 0 saturated carbocycles. The molecule has 6 nitrogen and oxygen atoms in total. The average Bonchev–Trinajstić information content (AvgIpc) is 2.72. The molecule has 1 unspecified atom stereocenters. The lowest BCUT2D eigenvalue weighted by Crippen LogP contribution is -2.54. The van der Waals surface area contributed by atoms with Crippen molar-refractivity contribution in [2.24, 2.45) is 0 Å². The largest absolute Gasteiger partial charge is 0.354 e. The summed E-state index contributed by atoms with van der Waals surface area (Å²) in [5.41, 5.74) is 1.92. The monoisotopic (exact) mass is 415 g/mol. The van der Waals surface area contributed by atoms with Crippen LogP contribution in [-0.4, -0.2) is 53.0 Å². The van der Waals surface area contributed by atoms with E-state index in [0.717, 1.165) is 49.1 Å². The normalized spacial score (nSPS) is 16.1. The molecule has 156 valence electrons. The number of aromatic nitrogens is 2. The average molecular weight is 416 g/mol. The fourth-order valence-corrected chi connectivity index (χ4v) is 3.67. The molecular formula is C22H30ClN5O. The predicted octanol–water partition coefficient (Wildman–Crippen LogP) is 3.39. The summed E-state index contributed by atoms with van der Waals surface area (Å²) < 4.78 is 0. The SMILES string of the molecule is Cc1cc(N2CCN(C(C)C(=O)NCc3ccccc3Cl)CC2)nc(C(C)C)n1. The van der Waals surface area contributed by atoms with Crippen molar-refractivity contribution in [3.05, 3.63) is 52.4 Å². The number of rotatable bonds is 6. The van der Waals surface area contributed by atoms with Gasteiger partial charge in [-0.1, -0.05) is 43.6 Å². The topological polar surface area (TPSA) is 61.4 Å². The zero-order valence-corrected chi connectivity index (χ0v) is 18.4. The summed E-state index contributed by atoms with van der Waals surface area (Å²) in [5.74, 6) is 2.20. The van der Waals surface area contributed by atoms with E-state index in [1.54, 1.807) is 0 Å². The Kier molecular flexibility index (Phi) is 7.09. The molecule has 1 aromatic carbocycles. The van der Waals surface area contributed by atoms with Crippen LogP contribution in [0.3, 0.4) is 0 Å². The number of benzene rings is 1. The first-order chi connectivity index (χ1) is 13.8. The lowest BCUT2D eigenvalue weighted by atomic mass is 10.2. The number of amides is 1. The van der Waals surface area contributed by atoms with Gasteiger partial charge in [0.15, 0.2) is 0 Å². The van der Waals surface area contributed by atoms with E-state index in [-0.39, 0.29) is 11.9 Å². The highest BCUT2D eigenvalue weighted by Crippen LogP contribution is 2.19. The Morgan fingerprint density at radius 2 is 1.83 bits per heavy atom. The summed E-state index contributed by atoms with van der Waals surface area (Å²) in [5, 5.41) is 3.68. The number of carbonyl (C=O) groups excluding carboxylic acids is 1. The van der Waals surface area contributed by atoms with Gasteiger partial charge in [-0.2, -0.15) is 0 Å². The highest BCUT2D eigenvalue weighted by atomic mass is 35.5. The first kappa shape index (κ1) is 21.5. The molecule has 3 rings (SSSR count). The lowest BCUT2D eigenvalue weighted by molar-refractivity contribution is -0.126. The molecular weight excluding hydrogens is 386 g/mol. The molecule has 2 aromatic rings. The predicted molar refractivity (Wildman–Crippen MR) is 117 cm³/mol. The quantitative estimate of drug-likeness (QED) is 0.783. The van der Waals surface area contributed by atoms with Crippen molar-refractivity contribution in [3.63, 3.8) is 0 Å². The number of nitrogens with one attached hydrogen (secondary N) is 1. The Balaban J connectivity index is 1.54. The van der Waals surface area contributed by atoms with Crippen molar-refractivity contribution in [2.45, 2.75) is 46.2 Å². The third-order valence-corrected chi connectivity index (χ3v) is 5.72. The molecule has 1 atom stereocenters. The second-order valence-electron chi connectivity index (χ2n) is 7.89. The van der Waals surface area contributed by atoms with E-state index in [1.165, 1.54) is 0 Å². The first-order valence-corrected chi connectivity index (χ1v) is 10.6. The molecule has 1 fully saturated rings. The van der Waals surface area contributed by atoms with Crippen molar-refractivity contribution in [1.29, 1.82) is 0 Å². The number of carbonyl (C=O) groups is 1. The van der Waals surface area contributed by atoms with Crippen molar-refractivity contribution >= 4 is 23.3 Å². The smallest absolute Gasteiger partial charge is 0.237 e. The molecule has 0 aliphatic carbocycles. The Morgan fingerprint density at radius 1 is 1.14 bits per heavy atom. The van der Waals surface area contributed by atoms with E-state index < -0.39 is 0 Å². The van der Waals surface area contributed by atoms with Crippen LogP contribution in [0, 0.1) is 6.92 Å². The van der Waals surface area contributed by atoms with Crippen LogP contribution in [-0.2, 0) is 11.3 Å². The van der Waals surface area contributed by atoms with E-state index in [1.807, 2.05) is 44.2 Å². The van der Waals surface area contributed by atoms with E-state index in [4.69, 9.17) is 16.6 Å². The van der Waals surface area contributed by atoms with Crippen molar-refractivity contribution in [3.8, 4) is 0 Å². The zero-order valence-electron chi connectivity index (χ0n) is 17.7. The summed E-state index contributed by atoms with van der Waals surface area (Å²) in [7, 11) is 0. The maximum atomic E-state index is 12.6. The van der Waals surface area contributed by atoms with Crippen LogP contribution in [0.4, 0.5) is 5.82 Å². The maximum Gasteiger partial charge on any atom is 0.237 e. The molecule has 7 heteroatoms. The standard InChI is InChI=1S/C22H30ClN5O/c1-15(2)21-25-16(3)13-20(26-21)28-11-9-27(10-12-28)17(4)22(29)24-14-18-7-5-6-8-19(18)23/h5-8,13,15,17H,9-12,14H2,1-4H3,(H,24,29). The fraction of sp³-hybridized carbons (Fsp3) is 0.500. The van der Waals surface area contributed by atoms with Gasteiger partial charge in [0.05, 0.1) is 6.04 Å². The van der Waals surface area contributed by atoms with Gasteiger partial charge < -0.3 is 10.2 Å². The number of hydrogen-bond acceptors (Lipinski definition) is 5. The van der Waals surface area contributed by atoms with Crippen LogP contribution in [0.25, 0.3) is 0 Å². The van der Waals surface area contributed by atoms with Crippen LogP contribution < -0.4 is 10.2 Å². The molecule has 2 heterocycles. The van der Waals surface area contributed by atoms with Gasteiger partial charge in [0.1, 0.15) is 11.6 Å². The van der Waals surface area contributed by atoms with E-state index in [2.05, 4.69) is 33.9 Å². The van der Waals surface area contributed by atoms with Crippen LogP contribution in [0.15, 0.2) is 30.3 Å². The van der Waals surface area contributed by atoms with E-state index >= 15 is 0 Å². The highest BCUT2D eigenvalue weighted by molar-refractivity contribution is 6.31. The van der Waals surface area contributed by atoms with Crippen LogP contribution in [0.2, 0.25) is 5.02 Å². The molecule has 1 N–H and O–H groups in total. The van der Waals surface area contributed by atoms with Gasteiger partial charge in [-0.25, -0.2) is 9.97 Å². The Bertz CT molecular complexity index is 849. The van der Waals surface area contributed by atoms with Crippen molar-refractivity contribution < 1.29 is 4.79 Å². The third-order valence-electron chi connectivity index (χ3n) is 5.35. The first-order valence-electron chi connectivity index (χ1n) is 10.2. The summed E-state index contributed by atoms with van der Waals surface area (Å²) >= 11 is 6.17. The lowest BCUT2D eigenvalue weighted by Gasteiger charge is -2.38. The minimum atomic E-state index is -0.182. The molecule has 0 spiro atoms. The van der Waals surface area contributed by atoms with Gasteiger partial charge in [0.25, 0.3) is 0 Å². The number of hydrogen-bond donors (Lipinski definition) is 1. The summed E-state index contributed by atoms with van der Waals surface area (Å²) in [6.07, 6.45) is 0. The second-order valence-corrected chi connectivity index (χ2v) is 8.30. The second kappa shape index (κ2) is 9.55. The molecule has 1 saturated heterocycles. The molecule has 1 aliphatic heterocycles. The van der Waals surface area contributed by atoms with E-state index in [9.17, 15) is 4.79 Å². The van der Waals surface area contributed by atoms with Gasteiger partial charge in [-0.05, 0) is 25.5 Å². The Hall–Kier alpha value is -2.18. The molecule has 29 heavy (non-hydrogen) atoms. The van der Waals surface area contributed by atoms with Crippen LogP contribution >= 0.6 is 11.6 Å². The Morgan fingerprint density at radius 3 is 2.48 bits per heavy atom. The van der Waals surface area contributed by atoms with Gasteiger partial charge in [0, 0.05) is 55.4 Å². The summed E-state index contributed by atoms with van der Waals surface area (Å²) in [6.45, 7) is 12.0. The Labute approximate surface area is 178 Å². The fourth-order valence-electron chi connectivity index (χ4n) is 3.47. The number of piperazine rings is 1. The number of anilines is 1. The molecule has 1 aliphatic rings. The number of aryl methyl sites for hydroxylation is 1. The molecule has 1 aromatic heterocycles. The summed E-state index contributed by atoms with van der Waals surface area (Å²) in [4.78, 5) is 26.4. The highest BCUT2D eigenvalue weighted by Gasteiger charge is 2.26. The van der Waals surface area contributed by atoms with E-state index in [0.29, 0.717) is 17.5 Å². The minimum Gasteiger partial charge on any atom is -0.354 e. The van der Waals surface area contributed by atoms with Crippen LogP contribution in [0.5, 0.6) is 0 Å². The van der Waals surface area contributed by atoms with Gasteiger partial charge in [0.2, 0.25) is 5.91 Å². The minimum absolute atomic E-state index is 0.0262. The number of nitrogens with zero attached hydrogens (tertiary/aromatic N) is 4. The molecule has 1 amide bonds.